The van der Waals surface area contributed by atoms with Crippen molar-refractivity contribution in [3.05, 3.63) is 42.2 Å². The Morgan fingerprint density at radius 2 is 2.33 bits per heavy atom. The summed E-state index contributed by atoms with van der Waals surface area (Å²) in [5, 5.41) is 0. The van der Waals surface area contributed by atoms with E-state index in [2.05, 4.69) is 9.97 Å². The van der Waals surface area contributed by atoms with Crippen molar-refractivity contribution in [2.45, 2.75) is 0 Å². The highest BCUT2D eigenvalue weighted by Gasteiger charge is 2.16. The molecule has 0 spiro atoms. The van der Waals surface area contributed by atoms with Crippen LogP contribution in [0.1, 0.15) is 16.2 Å². The zero-order chi connectivity index (χ0) is 10.8. The first-order valence-electron chi connectivity index (χ1n) is 4.41. The summed E-state index contributed by atoms with van der Waals surface area (Å²) in [7, 11) is 1.75. The molecule has 5 nitrogen and oxygen atoms in total. The van der Waals surface area contributed by atoms with Gasteiger partial charge in [0.25, 0.3) is 0 Å². The van der Waals surface area contributed by atoms with Gasteiger partial charge in [0.2, 0.25) is 5.78 Å². The molecule has 0 bridgehead atoms. The van der Waals surface area contributed by atoms with Crippen LogP contribution in [0.2, 0.25) is 0 Å². The van der Waals surface area contributed by atoms with Gasteiger partial charge in [0.05, 0.1) is 18.2 Å². The average molecular weight is 202 g/mol. The molecule has 2 rings (SSSR count). The topological polar surface area (TPSA) is 73.8 Å². The average Bonchev–Trinajstić information content (AvgIpc) is 2.64. The molecule has 2 N–H and O–H groups in total. The highest BCUT2D eigenvalue weighted by atomic mass is 16.1. The van der Waals surface area contributed by atoms with E-state index in [0.29, 0.717) is 11.4 Å². The third-order valence-electron chi connectivity index (χ3n) is 2.10. The zero-order valence-electron chi connectivity index (χ0n) is 8.21. The van der Waals surface area contributed by atoms with Crippen LogP contribution in [0.3, 0.4) is 0 Å². The highest BCUT2D eigenvalue weighted by molar-refractivity contribution is 6.09. The molecule has 0 unspecified atom stereocenters. The quantitative estimate of drug-likeness (QED) is 0.725. The lowest BCUT2D eigenvalue weighted by Crippen LogP contribution is -2.11. The molecule has 0 aliphatic rings. The van der Waals surface area contributed by atoms with Crippen molar-refractivity contribution in [3.8, 4) is 0 Å². The van der Waals surface area contributed by atoms with E-state index < -0.39 is 0 Å². The molecule has 0 saturated heterocycles. The van der Waals surface area contributed by atoms with Crippen molar-refractivity contribution in [2.75, 3.05) is 5.73 Å². The monoisotopic (exact) mass is 202 g/mol. The second-order valence-corrected chi connectivity index (χ2v) is 3.16. The molecule has 0 atom stereocenters. The Kier molecular flexibility index (Phi) is 2.21. The summed E-state index contributed by atoms with van der Waals surface area (Å²) in [6.45, 7) is 0. The summed E-state index contributed by atoms with van der Waals surface area (Å²) in [5.41, 5.74) is 6.78. The van der Waals surface area contributed by atoms with Crippen LogP contribution in [0.15, 0.2) is 30.9 Å². The fourth-order valence-corrected chi connectivity index (χ4v) is 1.30. The second kappa shape index (κ2) is 3.53. The van der Waals surface area contributed by atoms with Gasteiger partial charge >= 0.3 is 0 Å². The van der Waals surface area contributed by atoms with Crippen LogP contribution in [0.25, 0.3) is 0 Å². The number of aromatic nitrogens is 3. The number of rotatable bonds is 2. The predicted molar refractivity (Wildman–Crippen MR) is 55.3 cm³/mol. The van der Waals surface area contributed by atoms with Crippen molar-refractivity contribution in [2.24, 2.45) is 7.05 Å². The molecule has 0 aliphatic carbocycles. The number of aryl methyl sites for hydroxylation is 1. The summed E-state index contributed by atoms with van der Waals surface area (Å²) >= 11 is 0. The molecule has 0 fully saturated rings. The van der Waals surface area contributed by atoms with Crippen molar-refractivity contribution in [3.63, 3.8) is 0 Å². The summed E-state index contributed by atoms with van der Waals surface area (Å²) in [5.74, 6) is -0.215. The number of pyridine rings is 1. The van der Waals surface area contributed by atoms with Crippen LogP contribution < -0.4 is 5.73 Å². The Morgan fingerprint density at radius 3 is 2.93 bits per heavy atom. The van der Waals surface area contributed by atoms with Gasteiger partial charge < -0.3 is 10.3 Å². The van der Waals surface area contributed by atoms with E-state index in [1.807, 2.05) is 0 Å². The van der Waals surface area contributed by atoms with E-state index in [-0.39, 0.29) is 11.5 Å². The molecular weight excluding hydrogens is 192 g/mol. The first kappa shape index (κ1) is 9.39. The van der Waals surface area contributed by atoms with Crippen molar-refractivity contribution >= 4 is 11.5 Å². The first-order valence-corrected chi connectivity index (χ1v) is 4.41. The number of nitrogen functional groups attached to an aromatic ring is 1. The maximum atomic E-state index is 11.9. The predicted octanol–water partition coefficient (Wildman–Crippen LogP) is 0.628. The first-order chi connectivity index (χ1) is 7.20. The van der Waals surface area contributed by atoms with Gasteiger partial charge in [0.15, 0.2) is 0 Å². The number of carbonyl (C=O) groups excluding carboxylic acids is 1. The number of carbonyl (C=O) groups is 1. The van der Waals surface area contributed by atoms with Crippen LogP contribution in [0.5, 0.6) is 0 Å². The summed E-state index contributed by atoms with van der Waals surface area (Å²) in [4.78, 5) is 19.8. The van der Waals surface area contributed by atoms with E-state index in [1.54, 1.807) is 36.3 Å². The van der Waals surface area contributed by atoms with E-state index in [4.69, 9.17) is 5.73 Å². The third-order valence-corrected chi connectivity index (χ3v) is 2.10. The maximum Gasteiger partial charge on any atom is 0.231 e. The maximum absolute atomic E-state index is 11.9. The molecule has 5 heteroatoms. The largest absolute Gasteiger partial charge is 0.397 e. The summed E-state index contributed by atoms with van der Waals surface area (Å²) in [6.07, 6.45) is 4.60. The van der Waals surface area contributed by atoms with Gasteiger partial charge in [-0.25, -0.2) is 4.98 Å². The second-order valence-electron chi connectivity index (χ2n) is 3.16. The highest BCUT2D eigenvalue weighted by Crippen LogP contribution is 2.12. The fourth-order valence-electron chi connectivity index (χ4n) is 1.30. The van der Waals surface area contributed by atoms with Crippen LogP contribution in [-0.4, -0.2) is 20.3 Å². The Hall–Kier alpha value is -2.17. The van der Waals surface area contributed by atoms with Gasteiger partial charge in [-0.2, -0.15) is 0 Å². The molecule has 0 radical (unpaired) electrons. The summed E-state index contributed by atoms with van der Waals surface area (Å²) in [6, 6.07) is 3.34. The van der Waals surface area contributed by atoms with Crippen LogP contribution in [-0.2, 0) is 7.05 Å². The standard InChI is InChI=1S/C10H10N4O/c1-14-6-12-5-8(14)10(15)9-7(11)3-2-4-13-9/h2-6H,11H2,1H3. The smallest absolute Gasteiger partial charge is 0.231 e. The Bertz CT molecular complexity index is 504. The SMILES string of the molecule is Cn1cncc1C(=O)c1ncccc1N. The molecule has 0 amide bonds. The van der Waals surface area contributed by atoms with E-state index in [1.165, 1.54) is 6.20 Å². The van der Waals surface area contributed by atoms with E-state index >= 15 is 0 Å². The molecule has 0 aliphatic heterocycles. The van der Waals surface area contributed by atoms with Crippen molar-refractivity contribution in [1.82, 2.24) is 14.5 Å². The zero-order valence-corrected chi connectivity index (χ0v) is 8.21. The van der Waals surface area contributed by atoms with E-state index in [0.717, 1.165) is 0 Å². The molecule has 2 heterocycles. The molecule has 76 valence electrons. The lowest BCUT2D eigenvalue weighted by molar-refractivity contribution is 0.102. The minimum atomic E-state index is -0.215. The minimum Gasteiger partial charge on any atom is -0.397 e. The number of nitrogens with two attached hydrogens (primary N) is 1. The Labute approximate surface area is 86.6 Å². The fraction of sp³-hybridized carbons (Fsp3) is 0.100. The Balaban J connectivity index is 2.46. The van der Waals surface area contributed by atoms with Crippen LogP contribution in [0, 0.1) is 0 Å². The molecule has 2 aromatic heterocycles. The number of hydrogen-bond acceptors (Lipinski definition) is 4. The lowest BCUT2D eigenvalue weighted by Gasteiger charge is -2.03. The minimum absolute atomic E-state index is 0.215. The van der Waals surface area contributed by atoms with E-state index in [9.17, 15) is 4.79 Å². The number of nitrogens with zero attached hydrogens (tertiary/aromatic N) is 3. The third kappa shape index (κ3) is 1.59. The van der Waals surface area contributed by atoms with Crippen LogP contribution in [0.4, 0.5) is 5.69 Å². The molecule has 2 aromatic rings. The summed E-state index contributed by atoms with van der Waals surface area (Å²) < 4.78 is 1.64. The van der Waals surface area contributed by atoms with Gasteiger partial charge in [-0.1, -0.05) is 0 Å². The molecule has 0 saturated carbocycles. The van der Waals surface area contributed by atoms with Crippen LogP contribution >= 0.6 is 0 Å². The van der Waals surface area contributed by atoms with Gasteiger partial charge in [0, 0.05) is 13.2 Å². The number of ketones is 1. The molecule has 0 aromatic carbocycles. The Morgan fingerprint density at radius 1 is 1.53 bits per heavy atom. The lowest BCUT2D eigenvalue weighted by atomic mass is 10.2. The molecule has 15 heavy (non-hydrogen) atoms. The normalized spacial score (nSPS) is 10.2. The van der Waals surface area contributed by atoms with Gasteiger partial charge in [-0.15, -0.1) is 0 Å². The van der Waals surface area contributed by atoms with Crippen molar-refractivity contribution in [1.29, 1.82) is 0 Å². The number of anilines is 1. The number of hydrogen-bond donors (Lipinski definition) is 1. The van der Waals surface area contributed by atoms with Crippen molar-refractivity contribution < 1.29 is 4.79 Å². The number of imidazole rings is 1. The van der Waals surface area contributed by atoms with Gasteiger partial charge in [0.1, 0.15) is 11.4 Å². The molecular formula is C10H10N4O. The van der Waals surface area contributed by atoms with Gasteiger partial charge in [-0.05, 0) is 12.1 Å². The van der Waals surface area contributed by atoms with Gasteiger partial charge in [-0.3, -0.25) is 9.78 Å².